The van der Waals surface area contributed by atoms with Crippen LogP contribution in [0.5, 0.6) is 0 Å². The summed E-state index contributed by atoms with van der Waals surface area (Å²) in [5, 5.41) is 3.34. The number of aryl methyl sites for hydroxylation is 1. The largest absolute Gasteiger partial charge is 0.378 e. The second kappa shape index (κ2) is 5.01. The molecule has 0 fully saturated rings. The Kier molecular flexibility index (Phi) is 3.96. The molecule has 0 unspecified atom stereocenters. The van der Waals surface area contributed by atoms with Gasteiger partial charge in [-0.05, 0) is 36.7 Å². The highest BCUT2D eigenvalue weighted by molar-refractivity contribution is 5.49. The molecule has 0 aliphatic rings. The summed E-state index contributed by atoms with van der Waals surface area (Å²) in [7, 11) is 4.14. The van der Waals surface area contributed by atoms with E-state index in [1.165, 1.54) is 16.8 Å². The first-order valence-electron chi connectivity index (χ1n) is 5.12. The molecular formula is C12H20N2. The van der Waals surface area contributed by atoms with Crippen LogP contribution in [0.25, 0.3) is 0 Å². The van der Waals surface area contributed by atoms with Gasteiger partial charge in [0.2, 0.25) is 0 Å². The van der Waals surface area contributed by atoms with Gasteiger partial charge in [0, 0.05) is 26.3 Å². The van der Waals surface area contributed by atoms with Crippen LogP contribution in [0.3, 0.4) is 0 Å². The molecule has 0 saturated heterocycles. The van der Waals surface area contributed by atoms with Crippen molar-refractivity contribution < 1.29 is 0 Å². The first-order chi connectivity index (χ1) is 6.65. The van der Waals surface area contributed by atoms with E-state index >= 15 is 0 Å². The van der Waals surface area contributed by atoms with E-state index in [0.717, 1.165) is 13.1 Å². The minimum atomic E-state index is 0.968. The van der Waals surface area contributed by atoms with E-state index in [0.29, 0.717) is 0 Å². The number of hydrogen-bond donors (Lipinski definition) is 1. The lowest BCUT2D eigenvalue weighted by atomic mass is 10.1. The summed E-state index contributed by atoms with van der Waals surface area (Å²) in [5.74, 6) is 0. The van der Waals surface area contributed by atoms with E-state index in [1.807, 2.05) is 0 Å². The van der Waals surface area contributed by atoms with Crippen molar-refractivity contribution in [2.75, 3.05) is 25.5 Å². The molecule has 0 bridgehead atoms. The molecule has 0 atom stereocenters. The van der Waals surface area contributed by atoms with E-state index < -0.39 is 0 Å². The highest BCUT2D eigenvalue weighted by Crippen LogP contribution is 2.16. The highest BCUT2D eigenvalue weighted by Gasteiger charge is 2.00. The van der Waals surface area contributed by atoms with Crippen LogP contribution in [-0.4, -0.2) is 20.6 Å². The van der Waals surface area contributed by atoms with Crippen LogP contribution in [0.15, 0.2) is 18.2 Å². The van der Waals surface area contributed by atoms with Crippen LogP contribution in [0.2, 0.25) is 0 Å². The molecule has 2 heteroatoms. The Morgan fingerprint density at radius 1 is 1.29 bits per heavy atom. The maximum absolute atomic E-state index is 3.34. The maximum Gasteiger partial charge on any atom is 0.0363 e. The second-order valence-corrected chi connectivity index (χ2v) is 3.79. The van der Waals surface area contributed by atoms with Crippen LogP contribution in [-0.2, 0) is 6.54 Å². The van der Waals surface area contributed by atoms with Crippen LogP contribution >= 0.6 is 0 Å². The smallest absolute Gasteiger partial charge is 0.0363 e. The number of nitrogens with zero attached hydrogens (tertiary/aromatic N) is 1. The van der Waals surface area contributed by atoms with Crippen LogP contribution in [0.4, 0.5) is 5.69 Å². The van der Waals surface area contributed by atoms with Crippen molar-refractivity contribution in [1.82, 2.24) is 5.32 Å². The lowest BCUT2D eigenvalue weighted by molar-refractivity contribution is 0.723. The predicted molar refractivity (Wildman–Crippen MR) is 62.9 cm³/mol. The van der Waals surface area contributed by atoms with E-state index in [-0.39, 0.29) is 0 Å². The summed E-state index contributed by atoms with van der Waals surface area (Å²) in [6.07, 6.45) is 0. The van der Waals surface area contributed by atoms with Gasteiger partial charge in [-0.3, -0.25) is 0 Å². The zero-order chi connectivity index (χ0) is 10.6. The third-order valence-electron chi connectivity index (χ3n) is 2.41. The fourth-order valence-electron chi connectivity index (χ4n) is 1.42. The summed E-state index contributed by atoms with van der Waals surface area (Å²) < 4.78 is 0. The van der Waals surface area contributed by atoms with Crippen LogP contribution in [0, 0.1) is 6.92 Å². The Bertz CT molecular complexity index is 292. The molecule has 0 spiro atoms. The highest BCUT2D eigenvalue weighted by atomic mass is 15.1. The average Bonchev–Trinajstić information content (AvgIpc) is 2.15. The molecule has 14 heavy (non-hydrogen) atoms. The topological polar surface area (TPSA) is 15.3 Å². The normalized spacial score (nSPS) is 10.3. The van der Waals surface area contributed by atoms with Crippen molar-refractivity contribution in [3.63, 3.8) is 0 Å². The quantitative estimate of drug-likeness (QED) is 0.786. The summed E-state index contributed by atoms with van der Waals surface area (Å²) >= 11 is 0. The molecule has 0 radical (unpaired) electrons. The minimum absolute atomic E-state index is 0.968. The van der Waals surface area contributed by atoms with E-state index in [1.54, 1.807) is 0 Å². The Morgan fingerprint density at radius 2 is 2.00 bits per heavy atom. The van der Waals surface area contributed by atoms with Gasteiger partial charge in [-0.15, -0.1) is 0 Å². The summed E-state index contributed by atoms with van der Waals surface area (Å²) in [4.78, 5) is 2.13. The number of rotatable bonds is 4. The molecule has 78 valence electrons. The van der Waals surface area contributed by atoms with E-state index in [2.05, 4.69) is 56.4 Å². The molecule has 0 heterocycles. The zero-order valence-corrected chi connectivity index (χ0v) is 9.59. The van der Waals surface area contributed by atoms with Crippen molar-refractivity contribution >= 4 is 5.69 Å². The van der Waals surface area contributed by atoms with Crippen molar-refractivity contribution in [3.8, 4) is 0 Å². The lowest BCUT2D eigenvalue weighted by Crippen LogP contribution is -2.13. The molecule has 1 N–H and O–H groups in total. The van der Waals surface area contributed by atoms with Crippen LogP contribution in [0.1, 0.15) is 18.1 Å². The first-order valence-corrected chi connectivity index (χ1v) is 5.12. The van der Waals surface area contributed by atoms with E-state index in [4.69, 9.17) is 0 Å². The number of anilines is 1. The molecule has 1 aromatic rings. The first kappa shape index (κ1) is 11.1. The molecule has 1 aromatic carbocycles. The fourth-order valence-corrected chi connectivity index (χ4v) is 1.42. The Balaban J connectivity index is 2.79. The molecule has 0 aromatic heterocycles. The maximum atomic E-state index is 3.34. The van der Waals surface area contributed by atoms with Gasteiger partial charge in [-0.2, -0.15) is 0 Å². The molecular weight excluding hydrogens is 172 g/mol. The van der Waals surface area contributed by atoms with Crippen LogP contribution < -0.4 is 10.2 Å². The van der Waals surface area contributed by atoms with Gasteiger partial charge in [0.05, 0.1) is 0 Å². The molecule has 0 aliphatic carbocycles. The average molecular weight is 192 g/mol. The van der Waals surface area contributed by atoms with Gasteiger partial charge < -0.3 is 10.2 Å². The molecule has 0 amide bonds. The summed E-state index contributed by atoms with van der Waals surface area (Å²) in [6, 6.07) is 6.60. The van der Waals surface area contributed by atoms with Gasteiger partial charge in [0.25, 0.3) is 0 Å². The molecule has 0 aliphatic heterocycles. The summed E-state index contributed by atoms with van der Waals surface area (Å²) in [6.45, 7) is 6.29. The van der Waals surface area contributed by atoms with Gasteiger partial charge >= 0.3 is 0 Å². The minimum Gasteiger partial charge on any atom is -0.378 e. The monoisotopic (exact) mass is 192 g/mol. The Hall–Kier alpha value is -1.02. The van der Waals surface area contributed by atoms with Gasteiger partial charge in [-0.1, -0.05) is 13.0 Å². The number of nitrogens with one attached hydrogen (secondary N) is 1. The van der Waals surface area contributed by atoms with Gasteiger partial charge in [-0.25, -0.2) is 0 Å². The van der Waals surface area contributed by atoms with Gasteiger partial charge in [0.1, 0.15) is 0 Å². The van der Waals surface area contributed by atoms with Crippen molar-refractivity contribution in [2.24, 2.45) is 0 Å². The van der Waals surface area contributed by atoms with Gasteiger partial charge in [0.15, 0.2) is 0 Å². The van der Waals surface area contributed by atoms with Crippen molar-refractivity contribution in [1.29, 1.82) is 0 Å². The fraction of sp³-hybridized carbons (Fsp3) is 0.500. The molecule has 1 rings (SSSR count). The standard InChI is InChI=1S/C12H20N2/c1-5-13-9-11-6-7-12(14(3)4)8-10(11)2/h6-8,13H,5,9H2,1-4H3. The molecule has 2 nitrogen and oxygen atoms in total. The number of benzene rings is 1. The van der Waals surface area contributed by atoms with Crippen molar-refractivity contribution in [3.05, 3.63) is 29.3 Å². The predicted octanol–water partition coefficient (Wildman–Crippen LogP) is 2.17. The number of hydrogen-bond acceptors (Lipinski definition) is 2. The Labute approximate surface area is 86.9 Å². The van der Waals surface area contributed by atoms with E-state index in [9.17, 15) is 0 Å². The molecule has 0 saturated carbocycles. The zero-order valence-electron chi connectivity index (χ0n) is 9.59. The Morgan fingerprint density at radius 3 is 2.50 bits per heavy atom. The second-order valence-electron chi connectivity index (χ2n) is 3.79. The summed E-state index contributed by atoms with van der Waals surface area (Å²) in [5.41, 5.74) is 4.01. The lowest BCUT2D eigenvalue weighted by Gasteiger charge is -2.15. The third kappa shape index (κ3) is 2.74. The third-order valence-corrected chi connectivity index (χ3v) is 2.41. The van der Waals surface area contributed by atoms with Crippen molar-refractivity contribution in [2.45, 2.75) is 20.4 Å². The SMILES string of the molecule is CCNCc1ccc(N(C)C)cc1C.